The van der Waals surface area contributed by atoms with Gasteiger partial charge in [-0.05, 0) is 50.7 Å². The summed E-state index contributed by atoms with van der Waals surface area (Å²) >= 11 is 0. The third kappa shape index (κ3) is 6.43. The normalized spacial score (nSPS) is 24.2. The number of carbonyl (C=O) groups is 1. The van der Waals surface area contributed by atoms with Crippen molar-refractivity contribution >= 4 is 6.03 Å². The molecule has 1 aromatic rings. The van der Waals surface area contributed by atoms with Gasteiger partial charge in [0.2, 0.25) is 0 Å². The topological polar surface area (TPSA) is 50.4 Å². The van der Waals surface area contributed by atoms with Gasteiger partial charge in [-0.3, -0.25) is 0 Å². The van der Waals surface area contributed by atoms with Crippen LogP contribution in [0.15, 0.2) is 18.2 Å². The molecule has 1 aromatic carbocycles. The van der Waals surface area contributed by atoms with Gasteiger partial charge in [-0.25, -0.2) is 13.6 Å². The lowest BCUT2D eigenvalue weighted by Crippen LogP contribution is -2.47. The lowest BCUT2D eigenvalue weighted by molar-refractivity contribution is 0.00950. The molecule has 2 saturated carbocycles. The van der Waals surface area contributed by atoms with Gasteiger partial charge in [0.15, 0.2) is 0 Å². The number of ether oxygens (including phenoxy) is 1. The number of urea groups is 1. The number of carbonyl (C=O) groups excluding carboxylic acids is 1. The molecule has 0 radical (unpaired) electrons. The average Bonchev–Trinajstić information content (AvgIpc) is 2.65. The van der Waals surface area contributed by atoms with E-state index >= 15 is 0 Å². The average molecular weight is 395 g/mol. The van der Waals surface area contributed by atoms with E-state index in [9.17, 15) is 13.6 Å². The van der Waals surface area contributed by atoms with Crippen LogP contribution in [0.3, 0.4) is 0 Å². The molecule has 2 aliphatic carbocycles. The summed E-state index contributed by atoms with van der Waals surface area (Å²) < 4.78 is 33.1. The minimum absolute atomic E-state index is 0.0127. The molecule has 0 saturated heterocycles. The second-order valence-corrected chi connectivity index (χ2v) is 8.14. The fraction of sp³-hybridized carbons (Fsp3) is 0.682. The zero-order valence-corrected chi connectivity index (χ0v) is 16.5. The predicted octanol–water partition coefficient (Wildman–Crippen LogP) is 5.20. The first kappa shape index (κ1) is 21.0. The van der Waals surface area contributed by atoms with Crippen LogP contribution < -0.4 is 10.6 Å². The van der Waals surface area contributed by atoms with Crippen LogP contribution in [0, 0.1) is 11.6 Å². The zero-order valence-electron chi connectivity index (χ0n) is 16.5. The van der Waals surface area contributed by atoms with Gasteiger partial charge >= 0.3 is 6.03 Å². The van der Waals surface area contributed by atoms with Gasteiger partial charge in [-0.2, -0.15) is 0 Å². The molecule has 2 fully saturated rings. The highest BCUT2D eigenvalue weighted by Crippen LogP contribution is 2.24. The summed E-state index contributed by atoms with van der Waals surface area (Å²) in [5.74, 6) is -1.14. The molecule has 0 bridgehead atoms. The van der Waals surface area contributed by atoms with Crippen molar-refractivity contribution in [1.29, 1.82) is 0 Å². The molecule has 0 atom stereocenters. The predicted molar refractivity (Wildman–Crippen MR) is 105 cm³/mol. The smallest absolute Gasteiger partial charge is 0.315 e. The molecular weight excluding hydrogens is 362 g/mol. The Morgan fingerprint density at radius 1 is 0.857 bits per heavy atom. The summed E-state index contributed by atoms with van der Waals surface area (Å²) in [7, 11) is 0. The van der Waals surface area contributed by atoms with Crippen LogP contribution in [-0.4, -0.2) is 24.2 Å². The number of rotatable bonds is 5. The Labute approximate surface area is 166 Å². The Morgan fingerprint density at radius 3 is 2.00 bits per heavy atom. The molecule has 156 valence electrons. The number of hydrogen-bond donors (Lipinski definition) is 2. The number of halogens is 2. The maximum absolute atomic E-state index is 13.7. The summed E-state index contributed by atoms with van der Waals surface area (Å²) in [4.78, 5) is 12.3. The van der Waals surface area contributed by atoms with Crippen molar-refractivity contribution < 1.29 is 18.3 Å². The van der Waals surface area contributed by atoms with E-state index in [1.165, 1.54) is 50.3 Å². The van der Waals surface area contributed by atoms with Crippen LogP contribution in [-0.2, 0) is 11.3 Å². The molecule has 2 amide bonds. The van der Waals surface area contributed by atoms with Crippen LogP contribution in [0.1, 0.15) is 76.2 Å². The standard InChI is InChI=1S/C22H32F2N2O2/c23-20-9-6-10-21(24)19(20)15-28-18-13-11-17(12-14-18)26-22(27)25-16-7-4-2-1-3-5-8-16/h6,9-10,16-18H,1-5,7-8,11-15H2,(H2,25,26,27)/t17-,18-. The van der Waals surface area contributed by atoms with Gasteiger partial charge < -0.3 is 15.4 Å². The summed E-state index contributed by atoms with van der Waals surface area (Å²) in [5, 5.41) is 6.23. The van der Waals surface area contributed by atoms with Crippen molar-refractivity contribution in [2.75, 3.05) is 0 Å². The molecule has 2 aliphatic rings. The fourth-order valence-corrected chi connectivity index (χ4v) is 4.26. The second kappa shape index (κ2) is 10.7. The van der Waals surface area contributed by atoms with Gasteiger partial charge in [0.1, 0.15) is 11.6 Å². The molecular formula is C22H32F2N2O2. The maximum atomic E-state index is 13.7. The number of amides is 2. The minimum atomic E-state index is -0.568. The Morgan fingerprint density at radius 2 is 1.39 bits per heavy atom. The lowest BCUT2D eigenvalue weighted by atomic mass is 9.93. The summed E-state index contributed by atoms with van der Waals surface area (Å²) in [6, 6.07) is 4.21. The summed E-state index contributed by atoms with van der Waals surface area (Å²) in [6.07, 6.45) is 11.5. The van der Waals surface area contributed by atoms with E-state index in [0.29, 0.717) is 0 Å². The van der Waals surface area contributed by atoms with E-state index < -0.39 is 11.6 Å². The van der Waals surface area contributed by atoms with Crippen LogP contribution in [0.5, 0.6) is 0 Å². The third-order valence-corrected chi connectivity index (χ3v) is 5.97. The van der Waals surface area contributed by atoms with Crippen molar-refractivity contribution in [1.82, 2.24) is 10.6 Å². The molecule has 0 heterocycles. The Kier molecular flexibility index (Phi) is 8.07. The van der Waals surface area contributed by atoms with E-state index in [2.05, 4.69) is 10.6 Å². The molecule has 4 nitrogen and oxygen atoms in total. The molecule has 0 aliphatic heterocycles. The molecule has 3 rings (SSSR count). The first-order chi connectivity index (χ1) is 13.6. The largest absolute Gasteiger partial charge is 0.373 e. The number of benzene rings is 1. The van der Waals surface area contributed by atoms with Crippen molar-refractivity contribution in [2.24, 2.45) is 0 Å². The Bertz CT molecular complexity index is 605. The lowest BCUT2D eigenvalue weighted by Gasteiger charge is -2.30. The molecule has 28 heavy (non-hydrogen) atoms. The van der Waals surface area contributed by atoms with Crippen LogP contribution in [0.25, 0.3) is 0 Å². The molecule has 2 N–H and O–H groups in total. The van der Waals surface area contributed by atoms with E-state index in [0.717, 1.165) is 38.5 Å². The van der Waals surface area contributed by atoms with Gasteiger partial charge in [0.05, 0.1) is 12.7 Å². The van der Waals surface area contributed by atoms with E-state index in [4.69, 9.17) is 4.74 Å². The molecule has 6 heteroatoms. The quantitative estimate of drug-likeness (QED) is 0.721. The summed E-state index contributed by atoms with van der Waals surface area (Å²) in [5.41, 5.74) is -0.0127. The Hall–Kier alpha value is -1.69. The SMILES string of the molecule is O=C(NC1CCCCCCC1)N[C@H]1CC[C@H](OCc2c(F)cccc2F)CC1. The van der Waals surface area contributed by atoms with Crippen molar-refractivity contribution in [3.8, 4) is 0 Å². The first-order valence-electron chi connectivity index (χ1n) is 10.7. The second-order valence-electron chi connectivity index (χ2n) is 8.14. The van der Waals surface area contributed by atoms with Gasteiger partial charge in [0, 0.05) is 17.6 Å². The van der Waals surface area contributed by atoms with Gasteiger partial charge in [0.25, 0.3) is 0 Å². The molecule has 0 unspecified atom stereocenters. The highest BCUT2D eigenvalue weighted by Gasteiger charge is 2.24. The van der Waals surface area contributed by atoms with Gasteiger partial charge in [-0.15, -0.1) is 0 Å². The van der Waals surface area contributed by atoms with E-state index in [-0.39, 0.29) is 36.4 Å². The highest BCUT2D eigenvalue weighted by molar-refractivity contribution is 5.74. The van der Waals surface area contributed by atoms with Gasteiger partial charge in [-0.1, -0.05) is 38.2 Å². The fourth-order valence-electron chi connectivity index (χ4n) is 4.26. The van der Waals surface area contributed by atoms with Crippen LogP contribution in [0.4, 0.5) is 13.6 Å². The van der Waals surface area contributed by atoms with Crippen LogP contribution >= 0.6 is 0 Å². The van der Waals surface area contributed by atoms with E-state index in [1.54, 1.807) is 0 Å². The third-order valence-electron chi connectivity index (χ3n) is 5.97. The monoisotopic (exact) mass is 394 g/mol. The number of nitrogens with one attached hydrogen (secondary N) is 2. The van der Waals surface area contributed by atoms with Crippen molar-refractivity contribution in [3.63, 3.8) is 0 Å². The van der Waals surface area contributed by atoms with Crippen LogP contribution in [0.2, 0.25) is 0 Å². The summed E-state index contributed by atoms with van der Waals surface area (Å²) in [6.45, 7) is -0.0521. The number of hydrogen-bond acceptors (Lipinski definition) is 2. The minimum Gasteiger partial charge on any atom is -0.373 e. The first-order valence-corrected chi connectivity index (χ1v) is 10.7. The van der Waals surface area contributed by atoms with E-state index in [1.807, 2.05) is 0 Å². The van der Waals surface area contributed by atoms with Crippen molar-refractivity contribution in [2.45, 2.75) is 95.4 Å². The Balaban J connectivity index is 1.36. The van der Waals surface area contributed by atoms with Crippen molar-refractivity contribution in [3.05, 3.63) is 35.4 Å². The maximum Gasteiger partial charge on any atom is 0.315 e. The molecule has 0 spiro atoms. The zero-order chi connectivity index (χ0) is 19.8. The highest BCUT2D eigenvalue weighted by atomic mass is 19.1. The molecule has 0 aromatic heterocycles.